The fraction of sp³-hybridized carbons (Fsp3) is 0.833. The molecule has 20 heavy (non-hydrogen) atoms. The third kappa shape index (κ3) is 17.2. The van der Waals surface area contributed by atoms with Gasteiger partial charge in [-0.25, -0.2) is 0 Å². The number of carbonyl (C=O) groups is 1. The SMILES string of the molecule is CCCCCCCCCCC/C=C/CCCCC(=O)[O-]. The highest BCUT2D eigenvalue weighted by Crippen LogP contribution is 2.10. The number of carboxylic acid groups (broad SMARTS) is 1. The second kappa shape index (κ2) is 16.3. The molecule has 0 aliphatic carbocycles. The second-order valence-electron chi connectivity index (χ2n) is 5.71. The summed E-state index contributed by atoms with van der Waals surface area (Å²) in [6.07, 6.45) is 20.9. The van der Waals surface area contributed by atoms with Crippen molar-refractivity contribution in [3.8, 4) is 0 Å². The molecule has 0 aromatic carbocycles. The molecule has 0 atom stereocenters. The average Bonchev–Trinajstić information content (AvgIpc) is 2.43. The lowest BCUT2D eigenvalue weighted by Crippen LogP contribution is -2.21. The summed E-state index contributed by atoms with van der Waals surface area (Å²) in [5.41, 5.74) is 0. The van der Waals surface area contributed by atoms with Crippen LogP contribution >= 0.6 is 0 Å². The minimum absolute atomic E-state index is 0.200. The lowest BCUT2D eigenvalue weighted by molar-refractivity contribution is -0.305. The Bertz CT molecular complexity index is 234. The van der Waals surface area contributed by atoms with E-state index in [-0.39, 0.29) is 6.42 Å². The first-order valence-corrected chi connectivity index (χ1v) is 8.62. The van der Waals surface area contributed by atoms with Crippen molar-refractivity contribution in [1.29, 1.82) is 0 Å². The Labute approximate surface area is 125 Å². The monoisotopic (exact) mass is 281 g/mol. The van der Waals surface area contributed by atoms with Crippen LogP contribution in [0.1, 0.15) is 96.8 Å². The van der Waals surface area contributed by atoms with Crippen molar-refractivity contribution in [3.63, 3.8) is 0 Å². The minimum atomic E-state index is -0.927. The van der Waals surface area contributed by atoms with E-state index in [1.165, 1.54) is 64.2 Å². The van der Waals surface area contributed by atoms with Crippen LogP contribution in [-0.4, -0.2) is 5.97 Å². The van der Waals surface area contributed by atoms with Gasteiger partial charge in [-0.15, -0.1) is 0 Å². The van der Waals surface area contributed by atoms with Crippen LogP contribution in [0.4, 0.5) is 0 Å². The molecule has 0 radical (unpaired) electrons. The number of unbranched alkanes of at least 4 members (excludes halogenated alkanes) is 11. The van der Waals surface area contributed by atoms with Crippen molar-refractivity contribution in [2.75, 3.05) is 0 Å². The van der Waals surface area contributed by atoms with Crippen LogP contribution in [0.5, 0.6) is 0 Å². The van der Waals surface area contributed by atoms with E-state index in [0.717, 1.165) is 19.3 Å². The maximum atomic E-state index is 10.2. The average molecular weight is 281 g/mol. The van der Waals surface area contributed by atoms with Crippen LogP contribution in [0.3, 0.4) is 0 Å². The zero-order valence-corrected chi connectivity index (χ0v) is 13.4. The largest absolute Gasteiger partial charge is 0.550 e. The maximum absolute atomic E-state index is 10.2. The van der Waals surface area contributed by atoms with Crippen LogP contribution in [0.15, 0.2) is 12.2 Å². The zero-order chi connectivity index (χ0) is 14.9. The first kappa shape index (κ1) is 19.2. The Balaban J connectivity index is 3.06. The molecule has 0 unspecified atom stereocenters. The molecule has 0 heterocycles. The highest BCUT2D eigenvalue weighted by Gasteiger charge is 1.91. The van der Waals surface area contributed by atoms with Gasteiger partial charge in [0.15, 0.2) is 0 Å². The molecule has 0 bridgehead atoms. The first-order valence-electron chi connectivity index (χ1n) is 8.62. The van der Waals surface area contributed by atoms with Gasteiger partial charge >= 0.3 is 0 Å². The van der Waals surface area contributed by atoms with Gasteiger partial charge in [0, 0.05) is 5.97 Å². The lowest BCUT2D eigenvalue weighted by Gasteiger charge is -2.01. The summed E-state index contributed by atoms with van der Waals surface area (Å²) >= 11 is 0. The van der Waals surface area contributed by atoms with E-state index in [9.17, 15) is 9.90 Å². The number of hydrogen-bond donors (Lipinski definition) is 0. The fourth-order valence-electron chi connectivity index (χ4n) is 2.34. The standard InChI is InChI=1S/C18H34O2/c1-2-3-4-5-6-7-8-9-10-11-12-13-14-15-16-17-18(19)20/h12-13H,2-11,14-17H2,1H3,(H,19,20)/p-1/b13-12+. The van der Waals surface area contributed by atoms with E-state index in [2.05, 4.69) is 19.1 Å². The Morgan fingerprint density at radius 3 is 1.70 bits per heavy atom. The van der Waals surface area contributed by atoms with Crippen LogP contribution in [-0.2, 0) is 4.79 Å². The Kier molecular flexibility index (Phi) is 15.6. The van der Waals surface area contributed by atoms with Crippen LogP contribution in [0.25, 0.3) is 0 Å². The van der Waals surface area contributed by atoms with Crippen molar-refractivity contribution in [2.45, 2.75) is 96.8 Å². The van der Waals surface area contributed by atoms with Gasteiger partial charge in [0.25, 0.3) is 0 Å². The number of hydrogen-bond acceptors (Lipinski definition) is 2. The molecule has 0 aromatic rings. The first-order chi connectivity index (χ1) is 9.77. The molecule has 0 aliphatic heterocycles. The molecule has 118 valence electrons. The second-order valence-corrected chi connectivity index (χ2v) is 5.71. The molecule has 0 saturated carbocycles. The van der Waals surface area contributed by atoms with Crippen molar-refractivity contribution in [2.24, 2.45) is 0 Å². The molecule has 0 amide bonds. The van der Waals surface area contributed by atoms with Gasteiger partial charge in [0.2, 0.25) is 0 Å². The summed E-state index contributed by atoms with van der Waals surface area (Å²) < 4.78 is 0. The summed E-state index contributed by atoms with van der Waals surface area (Å²) in [6.45, 7) is 2.26. The third-order valence-electron chi connectivity index (χ3n) is 3.64. The molecule has 2 nitrogen and oxygen atoms in total. The topological polar surface area (TPSA) is 40.1 Å². The van der Waals surface area contributed by atoms with Gasteiger partial charge < -0.3 is 9.90 Å². The number of aliphatic carboxylic acids is 1. The van der Waals surface area contributed by atoms with Gasteiger partial charge in [-0.1, -0.05) is 70.4 Å². The summed E-state index contributed by atoms with van der Waals surface area (Å²) in [7, 11) is 0. The number of carboxylic acids is 1. The Morgan fingerprint density at radius 2 is 1.20 bits per heavy atom. The molecule has 0 aromatic heterocycles. The molecular weight excluding hydrogens is 248 g/mol. The van der Waals surface area contributed by atoms with Gasteiger partial charge in [0.1, 0.15) is 0 Å². The van der Waals surface area contributed by atoms with Crippen LogP contribution < -0.4 is 5.11 Å². The van der Waals surface area contributed by atoms with E-state index < -0.39 is 5.97 Å². The van der Waals surface area contributed by atoms with Gasteiger partial charge in [-0.05, 0) is 38.5 Å². The number of rotatable bonds is 15. The van der Waals surface area contributed by atoms with Gasteiger partial charge in [0.05, 0.1) is 0 Å². The van der Waals surface area contributed by atoms with Crippen molar-refractivity contribution >= 4 is 5.97 Å². The van der Waals surface area contributed by atoms with Gasteiger partial charge in [-0.2, -0.15) is 0 Å². The van der Waals surface area contributed by atoms with Crippen LogP contribution in [0, 0.1) is 0 Å². The number of carbonyl (C=O) groups excluding carboxylic acids is 1. The minimum Gasteiger partial charge on any atom is -0.550 e. The van der Waals surface area contributed by atoms with E-state index in [0.29, 0.717) is 0 Å². The Hall–Kier alpha value is -0.790. The van der Waals surface area contributed by atoms with Crippen molar-refractivity contribution in [1.82, 2.24) is 0 Å². The summed E-state index contributed by atoms with van der Waals surface area (Å²) in [4.78, 5) is 10.2. The molecule has 0 N–H and O–H groups in total. The van der Waals surface area contributed by atoms with E-state index in [1.54, 1.807) is 0 Å². The Morgan fingerprint density at radius 1 is 0.750 bits per heavy atom. The highest BCUT2D eigenvalue weighted by atomic mass is 16.4. The molecule has 0 spiro atoms. The predicted molar refractivity (Wildman–Crippen MR) is 84.5 cm³/mol. The smallest absolute Gasteiger partial charge is 0.0414 e. The van der Waals surface area contributed by atoms with E-state index >= 15 is 0 Å². The molecular formula is C18H33O2-. The summed E-state index contributed by atoms with van der Waals surface area (Å²) in [5, 5.41) is 10.2. The molecule has 0 rings (SSSR count). The highest BCUT2D eigenvalue weighted by molar-refractivity contribution is 5.64. The van der Waals surface area contributed by atoms with Gasteiger partial charge in [-0.3, -0.25) is 0 Å². The normalized spacial score (nSPS) is 11.2. The molecule has 2 heteroatoms. The number of allylic oxidation sites excluding steroid dienone is 2. The predicted octanol–water partition coefficient (Wildman–Crippen LogP) is 4.77. The zero-order valence-electron chi connectivity index (χ0n) is 13.4. The van der Waals surface area contributed by atoms with E-state index in [4.69, 9.17) is 0 Å². The van der Waals surface area contributed by atoms with E-state index in [1.807, 2.05) is 0 Å². The lowest BCUT2D eigenvalue weighted by atomic mass is 10.1. The molecule has 0 aliphatic rings. The molecule has 0 saturated heterocycles. The third-order valence-corrected chi connectivity index (χ3v) is 3.64. The summed E-state index contributed by atoms with van der Waals surface area (Å²) in [6, 6.07) is 0. The van der Waals surface area contributed by atoms with Crippen molar-refractivity contribution < 1.29 is 9.90 Å². The fourth-order valence-corrected chi connectivity index (χ4v) is 2.34. The van der Waals surface area contributed by atoms with Crippen LogP contribution in [0.2, 0.25) is 0 Å². The van der Waals surface area contributed by atoms with Crippen molar-refractivity contribution in [3.05, 3.63) is 12.2 Å². The molecule has 0 fully saturated rings. The maximum Gasteiger partial charge on any atom is 0.0414 e. The summed E-state index contributed by atoms with van der Waals surface area (Å²) in [5.74, 6) is -0.927. The quantitative estimate of drug-likeness (QED) is 0.320.